The van der Waals surface area contributed by atoms with Crippen LogP contribution in [0.2, 0.25) is 0 Å². The number of anilines is 1. The van der Waals surface area contributed by atoms with Gasteiger partial charge in [0, 0.05) is 23.4 Å². The molecule has 0 radical (unpaired) electrons. The van der Waals surface area contributed by atoms with Gasteiger partial charge in [-0.05, 0) is 26.8 Å². The first-order chi connectivity index (χ1) is 12.4. The lowest BCUT2D eigenvalue weighted by Gasteiger charge is -2.11. The van der Waals surface area contributed by atoms with Crippen LogP contribution in [0.15, 0.2) is 28.1 Å². The summed E-state index contributed by atoms with van der Waals surface area (Å²) in [6.45, 7) is 5.76. The number of hydrazone groups is 1. The highest BCUT2D eigenvalue weighted by Crippen LogP contribution is 2.38. The topological polar surface area (TPSA) is 132 Å². The molecule has 10 heteroatoms. The Morgan fingerprint density at radius 2 is 2.04 bits per heavy atom. The highest BCUT2D eigenvalue weighted by atomic mass is 16.6. The molecular formula is C16H19N5O5. The van der Waals surface area contributed by atoms with E-state index in [-0.39, 0.29) is 35.3 Å². The van der Waals surface area contributed by atoms with Crippen molar-refractivity contribution in [2.24, 2.45) is 5.10 Å². The highest BCUT2D eigenvalue weighted by Gasteiger charge is 2.22. The van der Waals surface area contributed by atoms with Gasteiger partial charge in [0.05, 0.1) is 24.4 Å². The second kappa shape index (κ2) is 8.60. The van der Waals surface area contributed by atoms with Crippen LogP contribution in [0.5, 0.6) is 11.5 Å². The first-order valence-electron chi connectivity index (χ1n) is 7.89. The third-order valence-electron chi connectivity index (χ3n) is 3.10. The van der Waals surface area contributed by atoms with Gasteiger partial charge in [0.2, 0.25) is 11.7 Å². The largest absolute Gasteiger partial charge is 0.490 e. The predicted octanol–water partition coefficient (Wildman–Crippen LogP) is 2.23. The van der Waals surface area contributed by atoms with Gasteiger partial charge in [0.15, 0.2) is 5.75 Å². The monoisotopic (exact) mass is 361 g/mol. The summed E-state index contributed by atoms with van der Waals surface area (Å²) in [4.78, 5) is 28.7. The summed E-state index contributed by atoms with van der Waals surface area (Å²) in [5.41, 5.74) is 2.99. The number of aromatic nitrogens is 2. The molecule has 1 heterocycles. The van der Waals surface area contributed by atoms with Gasteiger partial charge in [0.25, 0.3) is 5.56 Å². The van der Waals surface area contributed by atoms with Crippen LogP contribution in [0.3, 0.4) is 0 Å². The second-order valence-corrected chi connectivity index (χ2v) is 5.10. The van der Waals surface area contributed by atoms with Crippen LogP contribution in [-0.2, 0) is 0 Å². The number of H-pyrrole nitrogens is 1. The van der Waals surface area contributed by atoms with Crippen molar-refractivity contribution in [3.05, 3.63) is 49.9 Å². The Kier molecular flexibility index (Phi) is 6.25. The Balaban J connectivity index is 2.33. The maximum atomic E-state index is 11.4. The van der Waals surface area contributed by atoms with E-state index in [0.29, 0.717) is 17.9 Å². The summed E-state index contributed by atoms with van der Waals surface area (Å²) >= 11 is 0. The lowest BCUT2D eigenvalue weighted by atomic mass is 10.2. The van der Waals surface area contributed by atoms with Crippen molar-refractivity contribution in [1.82, 2.24) is 9.97 Å². The number of nitrogens with zero attached hydrogens (tertiary/aromatic N) is 3. The van der Waals surface area contributed by atoms with E-state index >= 15 is 0 Å². The summed E-state index contributed by atoms with van der Waals surface area (Å²) < 4.78 is 10.8. The number of nitrogens with one attached hydrogen (secondary N) is 2. The van der Waals surface area contributed by atoms with Crippen molar-refractivity contribution in [3.8, 4) is 11.5 Å². The van der Waals surface area contributed by atoms with Crippen LogP contribution < -0.4 is 20.5 Å². The molecule has 26 heavy (non-hydrogen) atoms. The Morgan fingerprint density at radius 3 is 2.65 bits per heavy atom. The molecule has 10 nitrogen and oxygen atoms in total. The number of rotatable bonds is 8. The normalized spacial score (nSPS) is 10.7. The van der Waals surface area contributed by atoms with Crippen LogP contribution in [-0.4, -0.2) is 34.3 Å². The fourth-order valence-electron chi connectivity index (χ4n) is 2.17. The zero-order valence-corrected chi connectivity index (χ0v) is 14.6. The first kappa shape index (κ1) is 18.9. The summed E-state index contributed by atoms with van der Waals surface area (Å²) in [5.74, 6) is 0.498. The molecule has 1 aromatic carbocycles. The number of hydrogen-bond acceptors (Lipinski definition) is 8. The Bertz CT molecular complexity index is 878. The van der Waals surface area contributed by atoms with E-state index in [9.17, 15) is 14.9 Å². The van der Waals surface area contributed by atoms with Gasteiger partial charge >= 0.3 is 5.69 Å². The summed E-state index contributed by atoms with van der Waals surface area (Å²) in [6.07, 6.45) is 1.35. The average Bonchev–Trinajstić information content (AvgIpc) is 2.56. The van der Waals surface area contributed by atoms with Gasteiger partial charge in [-0.2, -0.15) is 5.10 Å². The molecule has 0 unspecified atom stereocenters. The van der Waals surface area contributed by atoms with Crippen molar-refractivity contribution in [2.75, 3.05) is 18.6 Å². The summed E-state index contributed by atoms with van der Waals surface area (Å²) in [6, 6.07) is 4.25. The Hall–Kier alpha value is -3.43. The molecular weight excluding hydrogens is 342 g/mol. The first-order valence-corrected chi connectivity index (χ1v) is 7.89. The minimum Gasteiger partial charge on any atom is -0.490 e. The molecule has 138 valence electrons. The van der Waals surface area contributed by atoms with Crippen LogP contribution in [0.4, 0.5) is 11.6 Å². The van der Waals surface area contributed by atoms with E-state index in [2.05, 4.69) is 20.5 Å². The lowest BCUT2D eigenvalue weighted by molar-refractivity contribution is -0.385. The molecule has 0 spiro atoms. The fraction of sp³-hybridized carbons (Fsp3) is 0.312. The van der Waals surface area contributed by atoms with Crippen LogP contribution in [0.25, 0.3) is 0 Å². The Morgan fingerprint density at radius 1 is 1.31 bits per heavy atom. The molecule has 0 fully saturated rings. The lowest BCUT2D eigenvalue weighted by Crippen LogP contribution is -2.10. The number of aromatic amines is 1. The molecule has 0 aliphatic heterocycles. The maximum Gasteiger partial charge on any atom is 0.315 e. The zero-order chi connectivity index (χ0) is 19.1. The number of hydrogen-bond donors (Lipinski definition) is 2. The molecule has 2 rings (SSSR count). The van der Waals surface area contributed by atoms with Gasteiger partial charge in [0.1, 0.15) is 0 Å². The highest BCUT2D eigenvalue weighted by molar-refractivity contribution is 5.83. The smallest absolute Gasteiger partial charge is 0.315 e. The van der Waals surface area contributed by atoms with Gasteiger partial charge in [-0.3, -0.25) is 19.9 Å². The number of nitro benzene ring substituents is 1. The molecule has 0 bridgehead atoms. The predicted molar refractivity (Wildman–Crippen MR) is 96.2 cm³/mol. The minimum absolute atomic E-state index is 0.0779. The zero-order valence-electron chi connectivity index (χ0n) is 14.6. The molecule has 2 N–H and O–H groups in total. The van der Waals surface area contributed by atoms with E-state index in [1.165, 1.54) is 18.3 Å². The van der Waals surface area contributed by atoms with Gasteiger partial charge < -0.3 is 9.47 Å². The van der Waals surface area contributed by atoms with Gasteiger partial charge in [-0.1, -0.05) is 0 Å². The van der Waals surface area contributed by atoms with E-state index in [1.807, 2.05) is 0 Å². The maximum absolute atomic E-state index is 11.4. The van der Waals surface area contributed by atoms with E-state index < -0.39 is 4.92 Å². The molecule has 1 aromatic heterocycles. The number of nitro groups is 1. The van der Waals surface area contributed by atoms with Crippen molar-refractivity contribution in [1.29, 1.82) is 0 Å². The number of benzene rings is 1. The standard InChI is InChI=1S/C16H19N5O5/c1-4-25-13-8-11(7-12(21(23)24)15(13)26-5-2)9-17-20-16-18-10(3)6-14(22)19-16/h6-9H,4-5H2,1-3H3,(H2,18,19,20,22)/b17-9-. The van der Waals surface area contributed by atoms with Crippen molar-refractivity contribution in [3.63, 3.8) is 0 Å². The molecule has 0 saturated carbocycles. The number of ether oxygens (including phenoxy) is 2. The molecule has 2 aromatic rings. The van der Waals surface area contributed by atoms with E-state index in [1.54, 1.807) is 26.8 Å². The van der Waals surface area contributed by atoms with E-state index in [4.69, 9.17) is 9.47 Å². The summed E-state index contributed by atoms with van der Waals surface area (Å²) in [5, 5.41) is 15.3. The van der Waals surface area contributed by atoms with Crippen LogP contribution >= 0.6 is 0 Å². The quantitative estimate of drug-likeness (QED) is 0.418. The summed E-state index contributed by atoms with van der Waals surface area (Å²) in [7, 11) is 0. The van der Waals surface area contributed by atoms with Crippen molar-refractivity contribution in [2.45, 2.75) is 20.8 Å². The van der Waals surface area contributed by atoms with Crippen molar-refractivity contribution < 1.29 is 14.4 Å². The van der Waals surface area contributed by atoms with Gasteiger partial charge in [-0.15, -0.1) is 0 Å². The third kappa shape index (κ3) is 4.79. The van der Waals surface area contributed by atoms with Crippen LogP contribution in [0, 0.1) is 17.0 Å². The molecule has 0 aliphatic carbocycles. The van der Waals surface area contributed by atoms with Gasteiger partial charge in [-0.25, -0.2) is 10.4 Å². The molecule has 0 atom stereocenters. The fourth-order valence-corrected chi connectivity index (χ4v) is 2.17. The Labute approximate surface area is 149 Å². The average molecular weight is 361 g/mol. The van der Waals surface area contributed by atoms with E-state index in [0.717, 1.165) is 0 Å². The van der Waals surface area contributed by atoms with Crippen LogP contribution in [0.1, 0.15) is 25.1 Å². The van der Waals surface area contributed by atoms with Crippen molar-refractivity contribution >= 4 is 17.9 Å². The molecule has 0 aliphatic rings. The second-order valence-electron chi connectivity index (χ2n) is 5.10. The minimum atomic E-state index is -0.544. The SMILES string of the molecule is CCOc1cc(/C=N\Nc2nc(C)cc(=O)[nH]2)cc([N+](=O)[O-])c1OCC. The number of aryl methyl sites for hydroxylation is 1. The molecule has 0 saturated heterocycles. The third-order valence-corrected chi connectivity index (χ3v) is 3.10. The molecule has 0 amide bonds.